The summed E-state index contributed by atoms with van der Waals surface area (Å²) in [5, 5.41) is 2.97. The zero-order valence-electron chi connectivity index (χ0n) is 18.2. The number of hydrogen-bond acceptors (Lipinski definition) is 4. The second kappa shape index (κ2) is 8.27. The van der Waals surface area contributed by atoms with Crippen LogP contribution in [0.25, 0.3) is 16.9 Å². The number of halogens is 2. The van der Waals surface area contributed by atoms with Gasteiger partial charge in [0, 0.05) is 30.2 Å². The summed E-state index contributed by atoms with van der Waals surface area (Å²) in [6.45, 7) is 3.49. The minimum Gasteiger partial charge on any atom is -0.485 e. The Bertz CT molecular complexity index is 1360. The first-order valence-electron chi connectivity index (χ1n) is 10.7. The predicted molar refractivity (Wildman–Crippen MR) is 119 cm³/mol. The molecule has 4 aromatic rings. The van der Waals surface area contributed by atoms with Crippen molar-refractivity contribution in [2.75, 3.05) is 0 Å². The number of aryl methyl sites for hydroxylation is 2. The molecule has 0 unspecified atom stereocenters. The summed E-state index contributed by atoms with van der Waals surface area (Å²) in [5.74, 6) is -1.06. The first-order chi connectivity index (χ1) is 15.9. The Labute approximate surface area is 189 Å². The van der Waals surface area contributed by atoms with Gasteiger partial charge < -0.3 is 10.1 Å². The number of nitrogens with one attached hydrogen (secondary N) is 1. The molecule has 168 valence electrons. The van der Waals surface area contributed by atoms with Crippen molar-refractivity contribution in [1.82, 2.24) is 19.7 Å². The molecule has 0 spiro atoms. The molecular formula is C25H22F2N4O2. The largest absolute Gasteiger partial charge is 0.485 e. The van der Waals surface area contributed by atoms with Gasteiger partial charge in [-0.2, -0.15) is 0 Å². The van der Waals surface area contributed by atoms with Gasteiger partial charge in [0.25, 0.3) is 5.91 Å². The third-order valence-electron chi connectivity index (χ3n) is 5.62. The molecule has 0 atom stereocenters. The van der Waals surface area contributed by atoms with Crippen LogP contribution in [0.3, 0.4) is 0 Å². The molecule has 5 rings (SSSR count). The van der Waals surface area contributed by atoms with E-state index in [1.807, 2.05) is 24.4 Å². The summed E-state index contributed by atoms with van der Waals surface area (Å²) in [7, 11) is 0. The number of carbonyl (C=O) groups is 1. The van der Waals surface area contributed by atoms with E-state index in [1.54, 1.807) is 24.5 Å². The van der Waals surface area contributed by atoms with Crippen molar-refractivity contribution in [1.29, 1.82) is 0 Å². The van der Waals surface area contributed by atoms with Crippen molar-refractivity contribution in [3.63, 3.8) is 0 Å². The Morgan fingerprint density at radius 3 is 2.67 bits per heavy atom. The highest BCUT2D eigenvalue weighted by Crippen LogP contribution is 2.31. The van der Waals surface area contributed by atoms with E-state index < -0.39 is 11.6 Å². The Kier molecular flexibility index (Phi) is 5.28. The predicted octanol–water partition coefficient (Wildman–Crippen LogP) is 4.76. The van der Waals surface area contributed by atoms with Crippen molar-refractivity contribution in [2.45, 2.75) is 39.3 Å². The summed E-state index contributed by atoms with van der Waals surface area (Å²) in [6, 6.07) is 7.53. The number of amides is 1. The lowest BCUT2D eigenvalue weighted by atomic mass is 10.1. The Morgan fingerprint density at radius 1 is 1.18 bits per heavy atom. The van der Waals surface area contributed by atoms with E-state index in [1.165, 1.54) is 18.2 Å². The van der Waals surface area contributed by atoms with Gasteiger partial charge in [-0.3, -0.25) is 14.2 Å². The number of aromatic nitrogens is 3. The molecule has 1 aromatic carbocycles. The van der Waals surface area contributed by atoms with Gasteiger partial charge in [0.15, 0.2) is 11.4 Å². The van der Waals surface area contributed by atoms with Crippen LogP contribution in [0.5, 0.6) is 5.75 Å². The van der Waals surface area contributed by atoms with Crippen LogP contribution in [-0.4, -0.2) is 26.3 Å². The van der Waals surface area contributed by atoms with Crippen molar-refractivity contribution in [3.8, 4) is 17.0 Å². The average molecular weight is 448 g/mol. The number of rotatable bonds is 6. The fourth-order valence-electron chi connectivity index (χ4n) is 3.82. The maximum atomic E-state index is 14.0. The van der Waals surface area contributed by atoms with Gasteiger partial charge in [-0.25, -0.2) is 13.8 Å². The first-order valence-corrected chi connectivity index (χ1v) is 10.7. The lowest BCUT2D eigenvalue weighted by molar-refractivity contribution is 0.0950. The van der Waals surface area contributed by atoms with Crippen molar-refractivity contribution in [2.24, 2.45) is 0 Å². The molecule has 6 nitrogen and oxygen atoms in total. The molecule has 1 saturated carbocycles. The van der Waals surface area contributed by atoms with Gasteiger partial charge in [-0.05, 0) is 56.5 Å². The van der Waals surface area contributed by atoms with E-state index in [9.17, 15) is 13.6 Å². The topological polar surface area (TPSA) is 68.5 Å². The number of ether oxygens (including phenoxy) is 1. The molecule has 0 aliphatic heterocycles. The van der Waals surface area contributed by atoms with Gasteiger partial charge in [-0.15, -0.1) is 0 Å². The number of hydrogen-bond donors (Lipinski definition) is 1. The fourth-order valence-corrected chi connectivity index (χ4v) is 3.82. The Balaban J connectivity index is 1.52. The number of carbonyl (C=O) groups excluding carboxylic acids is 1. The highest BCUT2D eigenvalue weighted by Gasteiger charge is 2.24. The number of nitrogens with zero attached hydrogens (tertiary/aromatic N) is 3. The number of fused-ring (bicyclic) bond motifs is 1. The second-order valence-electron chi connectivity index (χ2n) is 8.32. The molecule has 0 bridgehead atoms. The van der Waals surface area contributed by atoms with E-state index in [4.69, 9.17) is 4.74 Å². The molecule has 33 heavy (non-hydrogen) atoms. The minimum atomic E-state index is -0.661. The zero-order chi connectivity index (χ0) is 23.1. The van der Waals surface area contributed by atoms with E-state index in [2.05, 4.69) is 15.3 Å². The smallest absolute Gasteiger partial charge is 0.253 e. The van der Waals surface area contributed by atoms with Crippen molar-refractivity contribution in [3.05, 3.63) is 82.9 Å². The molecule has 1 amide bonds. The van der Waals surface area contributed by atoms with Crippen LogP contribution < -0.4 is 10.1 Å². The van der Waals surface area contributed by atoms with Crippen LogP contribution in [-0.2, 0) is 6.61 Å². The summed E-state index contributed by atoms with van der Waals surface area (Å²) >= 11 is 0. The molecule has 1 aliphatic carbocycles. The van der Waals surface area contributed by atoms with Gasteiger partial charge in [-0.1, -0.05) is 6.07 Å². The number of pyridine rings is 2. The SMILES string of the molecule is Cc1cc(OCc2c(F)cccc2F)c2nc(C)c(-c3cncc(C(=O)NC4CC4)c3)n2c1. The molecule has 3 heterocycles. The normalized spacial score (nSPS) is 13.3. The molecule has 3 aromatic heterocycles. The summed E-state index contributed by atoms with van der Waals surface area (Å²) in [5.41, 5.74) is 3.94. The van der Waals surface area contributed by atoms with Gasteiger partial charge in [0.05, 0.1) is 22.5 Å². The van der Waals surface area contributed by atoms with Crippen LogP contribution in [0.4, 0.5) is 8.78 Å². The third kappa shape index (κ3) is 4.16. The summed E-state index contributed by atoms with van der Waals surface area (Å²) in [6.07, 6.45) is 7.14. The quantitative estimate of drug-likeness (QED) is 0.462. The standard InChI is InChI=1S/C25H22F2N4O2/c1-14-8-22(33-13-19-20(26)4-3-5-21(19)27)24-29-15(2)23(31(24)12-14)16-9-17(11-28-10-16)25(32)30-18-6-7-18/h3-5,8-12,18H,6-7,13H2,1-2H3,(H,30,32). The zero-order valence-corrected chi connectivity index (χ0v) is 18.2. The second-order valence-corrected chi connectivity index (χ2v) is 8.32. The van der Waals surface area contributed by atoms with Crippen LogP contribution >= 0.6 is 0 Å². The van der Waals surface area contributed by atoms with Crippen LogP contribution in [0.15, 0.2) is 48.9 Å². The lowest BCUT2D eigenvalue weighted by Gasteiger charge is -2.11. The maximum absolute atomic E-state index is 14.0. The molecule has 1 aliphatic rings. The molecule has 1 N–H and O–H groups in total. The van der Waals surface area contributed by atoms with Crippen molar-refractivity contribution >= 4 is 11.6 Å². The van der Waals surface area contributed by atoms with E-state index in [-0.39, 0.29) is 24.1 Å². The fraction of sp³-hybridized carbons (Fsp3) is 0.240. The van der Waals surface area contributed by atoms with E-state index >= 15 is 0 Å². The monoisotopic (exact) mass is 448 g/mol. The minimum absolute atomic E-state index is 0.140. The molecular weight excluding hydrogens is 426 g/mol. The van der Waals surface area contributed by atoms with E-state index in [0.29, 0.717) is 22.7 Å². The molecule has 0 radical (unpaired) electrons. The van der Waals surface area contributed by atoms with Gasteiger partial charge in [0.1, 0.15) is 18.2 Å². The van der Waals surface area contributed by atoms with E-state index in [0.717, 1.165) is 29.7 Å². The number of imidazole rings is 1. The van der Waals surface area contributed by atoms with Gasteiger partial charge >= 0.3 is 0 Å². The highest BCUT2D eigenvalue weighted by atomic mass is 19.1. The van der Waals surface area contributed by atoms with Crippen LogP contribution in [0, 0.1) is 25.5 Å². The molecule has 0 saturated heterocycles. The highest BCUT2D eigenvalue weighted by molar-refractivity contribution is 5.95. The Morgan fingerprint density at radius 2 is 1.94 bits per heavy atom. The average Bonchev–Trinajstić information content (AvgIpc) is 3.53. The lowest BCUT2D eigenvalue weighted by Crippen LogP contribution is -2.25. The summed E-state index contributed by atoms with van der Waals surface area (Å²) < 4.78 is 35.8. The Hall–Kier alpha value is -3.81. The van der Waals surface area contributed by atoms with Crippen LogP contribution in [0.2, 0.25) is 0 Å². The number of benzene rings is 1. The van der Waals surface area contributed by atoms with Gasteiger partial charge in [0.2, 0.25) is 0 Å². The van der Waals surface area contributed by atoms with Crippen molar-refractivity contribution < 1.29 is 18.3 Å². The first kappa shape index (κ1) is 21.1. The third-order valence-corrected chi connectivity index (χ3v) is 5.62. The summed E-state index contributed by atoms with van der Waals surface area (Å²) in [4.78, 5) is 21.4. The molecule has 1 fully saturated rings. The van der Waals surface area contributed by atoms with Crippen LogP contribution in [0.1, 0.15) is 40.0 Å². The maximum Gasteiger partial charge on any atom is 0.253 e. The molecule has 8 heteroatoms.